The molecular weight excluding hydrogens is 275 g/mol. The van der Waals surface area contributed by atoms with E-state index in [1.807, 2.05) is 0 Å². The third kappa shape index (κ3) is 3.32. The van der Waals surface area contributed by atoms with Gasteiger partial charge in [-0.3, -0.25) is 9.59 Å². The Labute approximate surface area is 123 Å². The third-order valence-electron chi connectivity index (χ3n) is 3.83. The number of carboxylic acids is 1. The molecule has 1 amide bonds. The maximum absolute atomic E-state index is 14.1. The number of nitrogens with zero attached hydrogens (tertiary/aromatic N) is 2. The van der Waals surface area contributed by atoms with Crippen LogP contribution in [0.15, 0.2) is 18.2 Å². The molecule has 1 N–H and O–H groups in total. The first-order chi connectivity index (χ1) is 9.90. The molecular formula is C15H19FN2O3. The zero-order valence-corrected chi connectivity index (χ0v) is 12.2. The molecule has 21 heavy (non-hydrogen) atoms. The number of hydrogen-bond acceptors (Lipinski definition) is 3. The van der Waals surface area contributed by atoms with Gasteiger partial charge in [-0.25, -0.2) is 4.39 Å². The number of rotatable bonds is 3. The number of halogens is 1. The van der Waals surface area contributed by atoms with Gasteiger partial charge in [0.05, 0.1) is 11.5 Å². The number of carbonyl (C=O) groups is 2. The van der Waals surface area contributed by atoms with Crippen LogP contribution in [0, 0.1) is 11.7 Å². The van der Waals surface area contributed by atoms with Crippen LogP contribution in [0.25, 0.3) is 0 Å². The largest absolute Gasteiger partial charge is 0.481 e. The zero-order valence-electron chi connectivity index (χ0n) is 12.2. The summed E-state index contributed by atoms with van der Waals surface area (Å²) in [4.78, 5) is 26.5. The summed E-state index contributed by atoms with van der Waals surface area (Å²) in [6, 6.07) is 4.51. The summed E-state index contributed by atoms with van der Waals surface area (Å²) in [5.41, 5.74) is 0.725. The van der Waals surface area contributed by atoms with Gasteiger partial charge in [0.1, 0.15) is 5.82 Å². The first-order valence-corrected chi connectivity index (χ1v) is 6.89. The van der Waals surface area contributed by atoms with Crippen molar-refractivity contribution in [1.82, 2.24) is 4.90 Å². The van der Waals surface area contributed by atoms with Gasteiger partial charge in [0, 0.05) is 32.9 Å². The van der Waals surface area contributed by atoms with Crippen molar-refractivity contribution in [3.63, 3.8) is 0 Å². The maximum atomic E-state index is 14.1. The molecule has 0 aromatic heterocycles. The van der Waals surface area contributed by atoms with Gasteiger partial charge < -0.3 is 14.9 Å². The Morgan fingerprint density at radius 1 is 1.29 bits per heavy atom. The number of carbonyl (C=O) groups excluding carboxylic acids is 1. The molecule has 1 aliphatic heterocycles. The lowest BCUT2D eigenvalue weighted by molar-refractivity contribution is -0.143. The van der Waals surface area contributed by atoms with Crippen molar-refractivity contribution in [2.75, 3.05) is 32.1 Å². The molecule has 114 valence electrons. The zero-order chi connectivity index (χ0) is 15.6. The van der Waals surface area contributed by atoms with Crippen LogP contribution < -0.4 is 4.90 Å². The second-order valence-electron chi connectivity index (χ2n) is 5.46. The van der Waals surface area contributed by atoms with E-state index in [1.54, 1.807) is 25.1 Å². The molecule has 1 aromatic rings. The molecule has 0 unspecified atom stereocenters. The van der Waals surface area contributed by atoms with E-state index in [9.17, 15) is 14.0 Å². The molecule has 2 rings (SSSR count). The van der Waals surface area contributed by atoms with Gasteiger partial charge in [-0.1, -0.05) is 0 Å². The minimum Gasteiger partial charge on any atom is -0.481 e. The van der Waals surface area contributed by atoms with Crippen LogP contribution in [0.2, 0.25) is 0 Å². The monoisotopic (exact) mass is 294 g/mol. The third-order valence-corrected chi connectivity index (χ3v) is 3.83. The predicted molar refractivity (Wildman–Crippen MR) is 77.0 cm³/mol. The summed E-state index contributed by atoms with van der Waals surface area (Å²) in [6.45, 7) is 0.704. The topological polar surface area (TPSA) is 60.9 Å². The van der Waals surface area contributed by atoms with Crippen LogP contribution in [0.3, 0.4) is 0 Å². The Bertz CT molecular complexity index is 552. The Kier molecular flexibility index (Phi) is 4.45. The van der Waals surface area contributed by atoms with E-state index in [0.717, 1.165) is 0 Å². The molecule has 0 saturated carbocycles. The highest BCUT2D eigenvalue weighted by atomic mass is 19.1. The van der Waals surface area contributed by atoms with Crippen LogP contribution in [-0.4, -0.2) is 49.1 Å². The standard InChI is InChI=1S/C15H19FN2O3/c1-17(2)11-3-4-12(13(16)9-11)14(19)18-7-5-10(6-8-18)15(20)21/h3-4,9-10H,5-8H2,1-2H3,(H,20,21). The van der Waals surface area contributed by atoms with Gasteiger partial charge in [-0.15, -0.1) is 0 Å². The summed E-state index contributed by atoms with van der Waals surface area (Å²) in [6.07, 6.45) is 0.830. The van der Waals surface area contributed by atoms with Crippen molar-refractivity contribution in [3.8, 4) is 0 Å². The highest BCUT2D eigenvalue weighted by Gasteiger charge is 2.28. The minimum atomic E-state index is -0.830. The smallest absolute Gasteiger partial charge is 0.306 e. The quantitative estimate of drug-likeness (QED) is 0.924. The molecule has 0 bridgehead atoms. The molecule has 5 nitrogen and oxygen atoms in total. The Morgan fingerprint density at radius 3 is 2.38 bits per heavy atom. The van der Waals surface area contributed by atoms with Crippen molar-refractivity contribution in [2.24, 2.45) is 5.92 Å². The van der Waals surface area contributed by atoms with Crippen LogP contribution in [0.5, 0.6) is 0 Å². The lowest BCUT2D eigenvalue weighted by Crippen LogP contribution is -2.40. The summed E-state index contributed by atoms with van der Waals surface area (Å²) in [5.74, 6) is -2.16. The summed E-state index contributed by atoms with van der Waals surface area (Å²) < 4.78 is 14.1. The van der Waals surface area contributed by atoms with E-state index in [1.165, 1.54) is 17.0 Å². The van der Waals surface area contributed by atoms with Crippen LogP contribution in [0.1, 0.15) is 23.2 Å². The SMILES string of the molecule is CN(C)c1ccc(C(=O)N2CCC(C(=O)O)CC2)c(F)c1. The highest BCUT2D eigenvalue weighted by Crippen LogP contribution is 2.22. The molecule has 1 heterocycles. The van der Waals surface area contributed by atoms with E-state index in [0.29, 0.717) is 31.6 Å². The first-order valence-electron chi connectivity index (χ1n) is 6.89. The van der Waals surface area contributed by atoms with Crippen molar-refractivity contribution in [2.45, 2.75) is 12.8 Å². The normalized spacial score (nSPS) is 15.9. The van der Waals surface area contributed by atoms with E-state index >= 15 is 0 Å². The number of hydrogen-bond donors (Lipinski definition) is 1. The number of amides is 1. The number of aliphatic carboxylic acids is 1. The number of piperidine rings is 1. The average molecular weight is 294 g/mol. The Balaban J connectivity index is 2.09. The second kappa shape index (κ2) is 6.11. The second-order valence-corrected chi connectivity index (χ2v) is 5.46. The van der Waals surface area contributed by atoms with E-state index in [2.05, 4.69) is 0 Å². The van der Waals surface area contributed by atoms with Crippen LogP contribution >= 0.6 is 0 Å². The molecule has 1 saturated heterocycles. The Hall–Kier alpha value is -2.11. The Morgan fingerprint density at radius 2 is 1.90 bits per heavy atom. The van der Waals surface area contributed by atoms with Crippen molar-refractivity contribution < 1.29 is 19.1 Å². The molecule has 0 aliphatic carbocycles. The van der Waals surface area contributed by atoms with Gasteiger partial charge in [0.2, 0.25) is 0 Å². The lowest BCUT2D eigenvalue weighted by atomic mass is 9.96. The fraction of sp³-hybridized carbons (Fsp3) is 0.467. The van der Waals surface area contributed by atoms with Crippen LogP contribution in [-0.2, 0) is 4.79 Å². The number of benzene rings is 1. The number of likely N-dealkylation sites (tertiary alicyclic amines) is 1. The highest BCUT2D eigenvalue weighted by molar-refractivity contribution is 5.95. The van der Waals surface area contributed by atoms with Gasteiger partial charge in [0.15, 0.2) is 0 Å². The fourth-order valence-corrected chi connectivity index (χ4v) is 2.46. The fourth-order valence-electron chi connectivity index (χ4n) is 2.46. The predicted octanol–water partition coefficient (Wildman–Crippen LogP) is 1.83. The molecule has 1 aromatic carbocycles. The van der Waals surface area contributed by atoms with Gasteiger partial charge in [-0.2, -0.15) is 0 Å². The van der Waals surface area contributed by atoms with E-state index < -0.39 is 17.7 Å². The molecule has 0 spiro atoms. The summed E-state index contributed by atoms with van der Waals surface area (Å²) in [5, 5.41) is 8.94. The van der Waals surface area contributed by atoms with E-state index in [4.69, 9.17) is 5.11 Å². The summed E-state index contributed by atoms with van der Waals surface area (Å²) >= 11 is 0. The molecule has 6 heteroatoms. The first kappa shape index (κ1) is 15.3. The maximum Gasteiger partial charge on any atom is 0.306 e. The van der Waals surface area contributed by atoms with E-state index in [-0.39, 0.29) is 11.5 Å². The van der Waals surface area contributed by atoms with Crippen LogP contribution in [0.4, 0.5) is 10.1 Å². The average Bonchev–Trinajstić information content (AvgIpc) is 2.46. The van der Waals surface area contributed by atoms with Gasteiger partial charge in [0.25, 0.3) is 5.91 Å². The summed E-state index contributed by atoms with van der Waals surface area (Å²) in [7, 11) is 3.60. The van der Waals surface area contributed by atoms with Crippen molar-refractivity contribution >= 4 is 17.6 Å². The van der Waals surface area contributed by atoms with Gasteiger partial charge in [-0.05, 0) is 31.0 Å². The molecule has 1 aliphatic rings. The lowest BCUT2D eigenvalue weighted by Gasteiger charge is -2.30. The van der Waals surface area contributed by atoms with Crippen molar-refractivity contribution in [1.29, 1.82) is 0 Å². The van der Waals surface area contributed by atoms with Gasteiger partial charge >= 0.3 is 5.97 Å². The number of anilines is 1. The molecule has 0 atom stereocenters. The van der Waals surface area contributed by atoms with Crippen molar-refractivity contribution in [3.05, 3.63) is 29.6 Å². The molecule has 1 fully saturated rings. The minimum absolute atomic E-state index is 0.0365. The number of carboxylic acid groups (broad SMARTS) is 1. The molecule has 0 radical (unpaired) electrons.